The molecule has 0 rings (SSSR count). The summed E-state index contributed by atoms with van der Waals surface area (Å²) in [5.74, 6) is -0.984. The first-order valence-electron chi connectivity index (χ1n) is 1.98. The van der Waals surface area contributed by atoms with Gasteiger partial charge in [0.25, 0.3) is 0 Å². The van der Waals surface area contributed by atoms with Crippen LogP contribution in [0.2, 0.25) is 0 Å². The van der Waals surface area contributed by atoms with E-state index in [1.807, 2.05) is 5.16 Å². The van der Waals surface area contributed by atoms with Crippen LogP contribution in [0.1, 0.15) is 6.92 Å². The molecule has 0 saturated carbocycles. The van der Waals surface area contributed by atoms with Crippen molar-refractivity contribution in [2.45, 2.75) is 13.0 Å². The molecule has 0 aliphatic rings. The molecule has 0 aliphatic heterocycles. The molecular formula is C4H5NO2S. The number of hydrogen-bond acceptors (Lipinski definition) is 3. The van der Waals surface area contributed by atoms with Crippen LogP contribution in [0.25, 0.3) is 0 Å². The van der Waals surface area contributed by atoms with Gasteiger partial charge in [0.15, 0.2) is 6.04 Å². The predicted molar refractivity (Wildman–Crippen MR) is 32.1 cm³/mol. The Morgan fingerprint density at radius 3 is 2.62 bits per heavy atom. The Labute approximate surface area is 52.0 Å². The molecule has 0 amide bonds. The Morgan fingerprint density at radius 1 is 2.00 bits per heavy atom. The van der Waals surface area contributed by atoms with Crippen LogP contribution >= 0.6 is 12.2 Å². The largest absolute Gasteiger partial charge is 0.480 e. The van der Waals surface area contributed by atoms with Gasteiger partial charge in [0.2, 0.25) is 0 Å². The van der Waals surface area contributed by atoms with E-state index in [-0.39, 0.29) is 0 Å². The summed E-state index contributed by atoms with van der Waals surface area (Å²) < 4.78 is 0. The highest BCUT2D eigenvalue weighted by atomic mass is 32.1. The molecule has 0 aliphatic carbocycles. The molecular weight excluding hydrogens is 126 g/mol. The Bertz CT molecular complexity index is 137. The van der Waals surface area contributed by atoms with Crippen LogP contribution in [0.3, 0.4) is 0 Å². The third kappa shape index (κ3) is 2.44. The quantitative estimate of drug-likeness (QED) is 0.440. The Kier molecular flexibility index (Phi) is 2.99. The minimum atomic E-state index is -0.984. The van der Waals surface area contributed by atoms with Crippen molar-refractivity contribution in [2.75, 3.05) is 0 Å². The van der Waals surface area contributed by atoms with Crippen LogP contribution in [0.15, 0.2) is 4.99 Å². The monoisotopic (exact) mass is 131 g/mol. The van der Waals surface area contributed by atoms with Crippen molar-refractivity contribution in [3.63, 3.8) is 0 Å². The highest BCUT2D eigenvalue weighted by Crippen LogP contribution is 1.84. The molecule has 8 heavy (non-hydrogen) atoms. The van der Waals surface area contributed by atoms with E-state index >= 15 is 0 Å². The lowest BCUT2D eigenvalue weighted by molar-refractivity contribution is -0.137. The van der Waals surface area contributed by atoms with Crippen molar-refractivity contribution >= 4 is 23.3 Å². The van der Waals surface area contributed by atoms with Gasteiger partial charge in [-0.25, -0.2) is 9.79 Å². The summed E-state index contributed by atoms with van der Waals surface area (Å²) in [6.45, 7) is 1.43. The van der Waals surface area contributed by atoms with Crippen molar-refractivity contribution < 1.29 is 9.90 Å². The molecule has 3 nitrogen and oxygen atoms in total. The van der Waals surface area contributed by atoms with Crippen LogP contribution in [0.4, 0.5) is 0 Å². The van der Waals surface area contributed by atoms with E-state index in [2.05, 4.69) is 17.2 Å². The third-order valence-electron chi connectivity index (χ3n) is 0.604. The molecule has 1 unspecified atom stereocenters. The lowest BCUT2D eigenvalue weighted by Crippen LogP contribution is -2.11. The number of carboxylic acids is 1. The van der Waals surface area contributed by atoms with E-state index in [4.69, 9.17) is 5.11 Å². The number of aliphatic imine (C=N–C) groups is 1. The summed E-state index contributed by atoms with van der Waals surface area (Å²) in [5, 5.41) is 10.1. The molecule has 0 aromatic carbocycles. The molecule has 0 spiro atoms. The fraction of sp³-hybridized carbons (Fsp3) is 0.500. The Balaban J connectivity index is 3.82. The van der Waals surface area contributed by atoms with Gasteiger partial charge in [0, 0.05) is 0 Å². The number of thiocarbonyl (C=S) groups is 1. The van der Waals surface area contributed by atoms with E-state index in [0.29, 0.717) is 0 Å². The SMILES string of the molecule is CC(N=C=S)C(=O)O. The summed E-state index contributed by atoms with van der Waals surface area (Å²) >= 11 is 4.17. The Morgan fingerprint density at radius 2 is 2.50 bits per heavy atom. The highest BCUT2D eigenvalue weighted by Gasteiger charge is 2.05. The molecule has 0 aromatic heterocycles. The molecule has 4 heteroatoms. The molecule has 0 radical (unpaired) electrons. The fourth-order valence-electron chi connectivity index (χ4n) is 0.134. The molecule has 44 valence electrons. The van der Waals surface area contributed by atoms with Gasteiger partial charge in [-0.3, -0.25) is 0 Å². The third-order valence-corrected chi connectivity index (χ3v) is 0.709. The van der Waals surface area contributed by atoms with Gasteiger partial charge in [-0.2, -0.15) is 0 Å². The molecule has 1 atom stereocenters. The number of rotatable bonds is 2. The van der Waals surface area contributed by atoms with E-state index < -0.39 is 12.0 Å². The van der Waals surface area contributed by atoms with Gasteiger partial charge in [0.1, 0.15) is 0 Å². The maximum atomic E-state index is 9.91. The zero-order valence-corrected chi connectivity index (χ0v) is 5.10. The standard InChI is InChI=1S/C4H5NO2S/c1-3(4(6)7)5-2-8/h3H,1H3,(H,6,7). The second-order valence-electron chi connectivity index (χ2n) is 1.23. The van der Waals surface area contributed by atoms with Crippen LogP contribution in [-0.2, 0) is 4.79 Å². The molecule has 0 fully saturated rings. The van der Waals surface area contributed by atoms with E-state index in [1.165, 1.54) is 6.92 Å². The maximum absolute atomic E-state index is 9.91. The van der Waals surface area contributed by atoms with Gasteiger partial charge in [0.05, 0.1) is 5.16 Å². The molecule has 0 saturated heterocycles. The normalized spacial score (nSPS) is 11.6. The van der Waals surface area contributed by atoms with Gasteiger partial charge < -0.3 is 5.11 Å². The molecule has 1 N–H and O–H groups in total. The predicted octanol–water partition coefficient (Wildman–Crippen LogP) is 0.562. The van der Waals surface area contributed by atoms with Crippen molar-refractivity contribution in [2.24, 2.45) is 4.99 Å². The summed E-state index contributed by atoms with van der Waals surface area (Å²) in [7, 11) is 0. The van der Waals surface area contributed by atoms with Gasteiger partial charge in [-0.15, -0.1) is 0 Å². The highest BCUT2D eigenvalue weighted by molar-refractivity contribution is 7.78. The van der Waals surface area contributed by atoms with E-state index in [9.17, 15) is 4.79 Å². The lowest BCUT2D eigenvalue weighted by atomic mass is 10.4. The molecule has 0 heterocycles. The van der Waals surface area contributed by atoms with Gasteiger partial charge >= 0.3 is 5.97 Å². The fourth-order valence-corrected chi connectivity index (χ4v) is 0.292. The molecule has 0 bridgehead atoms. The zero-order valence-electron chi connectivity index (χ0n) is 4.29. The minimum Gasteiger partial charge on any atom is -0.480 e. The number of isothiocyanates is 1. The van der Waals surface area contributed by atoms with E-state index in [1.54, 1.807) is 0 Å². The van der Waals surface area contributed by atoms with Crippen LogP contribution in [-0.4, -0.2) is 22.3 Å². The maximum Gasteiger partial charge on any atom is 0.328 e. The van der Waals surface area contributed by atoms with Crippen molar-refractivity contribution in [3.05, 3.63) is 0 Å². The molecule has 0 aromatic rings. The number of hydrogen-bond donors (Lipinski definition) is 1. The number of aliphatic carboxylic acids is 1. The smallest absolute Gasteiger partial charge is 0.328 e. The summed E-state index contributed by atoms with van der Waals surface area (Å²) in [6, 6.07) is -0.757. The van der Waals surface area contributed by atoms with Crippen molar-refractivity contribution in [3.8, 4) is 0 Å². The van der Waals surface area contributed by atoms with Crippen LogP contribution in [0.5, 0.6) is 0 Å². The first-order valence-corrected chi connectivity index (χ1v) is 2.39. The second kappa shape index (κ2) is 3.29. The van der Waals surface area contributed by atoms with Gasteiger partial charge in [-0.05, 0) is 19.1 Å². The summed E-state index contributed by atoms with van der Waals surface area (Å²) in [5.41, 5.74) is 0. The average Bonchev–Trinajstić information content (AvgIpc) is 1.67. The Hall–Kier alpha value is -0.730. The zero-order chi connectivity index (χ0) is 6.57. The summed E-state index contributed by atoms with van der Waals surface area (Å²) in [6.07, 6.45) is 0. The lowest BCUT2D eigenvalue weighted by Gasteiger charge is -1.91. The first kappa shape index (κ1) is 7.27. The van der Waals surface area contributed by atoms with Gasteiger partial charge in [-0.1, -0.05) is 0 Å². The number of nitrogens with zero attached hydrogens (tertiary/aromatic N) is 1. The van der Waals surface area contributed by atoms with Crippen LogP contribution < -0.4 is 0 Å². The van der Waals surface area contributed by atoms with Crippen molar-refractivity contribution in [1.29, 1.82) is 0 Å². The second-order valence-corrected chi connectivity index (χ2v) is 1.42. The number of carbonyl (C=O) groups is 1. The summed E-state index contributed by atoms with van der Waals surface area (Å²) in [4.78, 5) is 13.2. The number of carboxylic acid groups (broad SMARTS) is 1. The average molecular weight is 131 g/mol. The first-order chi connectivity index (χ1) is 3.68. The van der Waals surface area contributed by atoms with Crippen LogP contribution in [0, 0.1) is 0 Å². The minimum absolute atomic E-state index is 0.757. The van der Waals surface area contributed by atoms with Crippen molar-refractivity contribution in [1.82, 2.24) is 0 Å². The van der Waals surface area contributed by atoms with E-state index in [0.717, 1.165) is 0 Å². The topological polar surface area (TPSA) is 49.7 Å².